The summed E-state index contributed by atoms with van der Waals surface area (Å²) in [6.45, 7) is 2.52. The number of benzene rings is 2. The molecule has 3 aromatic rings. The molecule has 0 radical (unpaired) electrons. The van der Waals surface area contributed by atoms with Crippen LogP contribution in [-0.2, 0) is 11.9 Å². The summed E-state index contributed by atoms with van der Waals surface area (Å²) in [7, 11) is 0. The zero-order chi connectivity index (χ0) is 13.9. The van der Waals surface area contributed by atoms with Gasteiger partial charge >= 0.3 is 0 Å². The summed E-state index contributed by atoms with van der Waals surface area (Å²) >= 11 is 5.20. The Labute approximate surface area is 130 Å². The third-order valence-electron chi connectivity index (χ3n) is 3.15. The Balaban J connectivity index is 1.91. The van der Waals surface area contributed by atoms with Crippen LogP contribution in [0.25, 0.3) is 10.8 Å². The summed E-state index contributed by atoms with van der Waals surface area (Å²) in [6, 6.07) is 12.5. The normalized spacial score (nSPS) is 10.9. The first-order valence-corrected chi connectivity index (χ1v) is 8.38. The number of thiazole rings is 1. The molecule has 0 atom stereocenters. The first kappa shape index (κ1) is 13.6. The van der Waals surface area contributed by atoms with Gasteiger partial charge in [-0.3, -0.25) is 0 Å². The molecule has 20 heavy (non-hydrogen) atoms. The van der Waals surface area contributed by atoms with Crippen molar-refractivity contribution in [2.75, 3.05) is 0 Å². The van der Waals surface area contributed by atoms with Crippen molar-refractivity contribution in [1.82, 2.24) is 4.98 Å². The maximum atomic E-state index is 5.95. The third kappa shape index (κ3) is 2.72. The van der Waals surface area contributed by atoms with Gasteiger partial charge in [-0.25, -0.2) is 4.98 Å². The summed E-state index contributed by atoms with van der Waals surface area (Å²) in [4.78, 5) is 4.43. The van der Waals surface area contributed by atoms with Crippen LogP contribution in [0, 0.1) is 6.92 Å². The van der Waals surface area contributed by atoms with E-state index in [4.69, 9.17) is 4.74 Å². The number of aromatic nitrogens is 1. The number of nitrogens with zero attached hydrogens (tertiary/aromatic N) is 1. The predicted octanol–water partition coefficient (Wildman–Crippen LogP) is 5.08. The molecule has 102 valence electrons. The van der Waals surface area contributed by atoms with Crippen LogP contribution in [0.15, 0.2) is 41.8 Å². The number of alkyl halides is 1. The van der Waals surface area contributed by atoms with Crippen molar-refractivity contribution < 1.29 is 4.74 Å². The molecule has 0 bridgehead atoms. The van der Waals surface area contributed by atoms with Crippen molar-refractivity contribution in [2.24, 2.45) is 0 Å². The number of halogens is 1. The van der Waals surface area contributed by atoms with Crippen molar-refractivity contribution >= 4 is 38.0 Å². The number of aryl methyl sites for hydroxylation is 1. The highest BCUT2D eigenvalue weighted by Crippen LogP contribution is 2.30. The molecule has 2 nitrogen and oxygen atoms in total. The first-order chi connectivity index (χ1) is 9.78. The van der Waals surface area contributed by atoms with Crippen LogP contribution >= 0.6 is 27.3 Å². The molecule has 0 N–H and O–H groups in total. The Morgan fingerprint density at radius 3 is 2.80 bits per heavy atom. The van der Waals surface area contributed by atoms with Gasteiger partial charge in [-0.2, -0.15) is 0 Å². The van der Waals surface area contributed by atoms with Crippen molar-refractivity contribution in [1.29, 1.82) is 0 Å². The van der Waals surface area contributed by atoms with Gasteiger partial charge in [0, 0.05) is 22.0 Å². The van der Waals surface area contributed by atoms with Gasteiger partial charge in [-0.15, -0.1) is 11.3 Å². The van der Waals surface area contributed by atoms with E-state index in [1.54, 1.807) is 11.3 Å². The maximum absolute atomic E-state index is 5.95. The van der Waals surface area contributed by atoms with Gasteiger partial charge in [0.25, 0.3) is 0 Å². The number of ether oxygens (including phenoxy) is 1. The molecule has 0 unspecified atom stereocenters. The van der Waals surface area contributed by atoms with Crippen LogP contribution in [-0.4, -0.2) is 4.98 Å². The van der Waals surface area contributed by atoms with Gasteiger partial charge in [0.05, 0.1) is 0 Å². The minimum Gasteiger partial charge on any atom is -0.486 e. The highest BCUT2D eigenvalue weighted by Gasteiger charge is 2.08. The minimum absolute atomic E-state index is 0.525. The van der Waals surface area contributed by atoms with Gasteiger partial charge in [0.15, 0.2) is 0 Å². The summed E-state index contributed by atoms with van der Waals surface area (Å²) in [5.74, 6) is 0.924. The van der Waals surface area contributed by atoms with Crippen LogP contribution in [0.5, 0.6) is 5.75 Å². The van der Waals surface area contributed by atoms with Crippen LogP contribution in [0.2, 0.25) is 0 Å². The molecule has 0 saturated carbocycles. The smallest absolute Gasteiger partial charge is 0.140 e. The number of fused-ring (bicyclic) bond motifs is 1. The molecular formula is C16H14BrNOS. The summed E-state index contributed by atoms with van der Waals surface area (Å²) in [6.07, 6.45) is 0. The molecule has 0 aliphatic carbocycles. The largest absolute Gasteiger partial charge is 0.486 e. The lowest BCUT2D eigenvalue weighted by Gasteiger charge is -2.11. The van der Waals surface area contributed by atoms with E-state index in [0.717, 1.165) is 21.8 Å². The minimum atomic E-state index is 0.525. The molecule has 1 heterocycles. The van der Waals surface area contributed by atoms with Gasteiger partial charge < -0.3 is 4.74 Å². The summed E-state index contributed by atoms with van der Waals surface area (Å²) in [5, 5.41) is 6.30. The fourth-order valence-corrected chi connectivity index (χ4v) is 3.46. The van der Waals surface area contributed by atoms with Crippen LogP contribution in [0.4, 0.5) is 0 Å². The van der Waals surface area contributed by atoms with Gasteiger partial charge in [-0.1, -0.05) is 46.3 Å². The van der Waals surface area contributed by atoms with E-state index in [9.17, 15) is 0 Å². The van der Waals surface area contributed by atoms with Crippen molar-refractivity contribution in [2.45, 2.75) is 18.9 Å². The Hall–Kier alpha value is -1.39. The zero-order valence-corrected chi connectivity index (χ0v) is 13.5. The standard InChI is InChI=1S/C16H14BrNOS/c1-11-10-20-16(18-11)9-19-15-7-6-12-4-2-3-5-13(12)14(15)8-17/h2-7,10H,8-9H2,1H3. The highest BCUT2D eigenvalue weighted by molar-refractivity contribution is 9.08. The second-order valence-electron chi connectivity index (χ2n) is 4.57. The molecule has 1 aromatic heterocycles. The van der Waals surface area contributed by atoms with E-state index in [0.29, 0.717) is 6.61 Å². The van der Waals surface area contributed by atoms with E-state index in [1.165, 1.54) is 16.3 Å². The second kappa shape index (κ2) is 5.94. The van der Waals surface area contributed by atoms with Gasteiger partial charge in [0.1, 0.15) is 17.4 Å². The van der Waals surface area contributed by atoms with E-state index in [1.807, 2.05) is 18.4 Å². The van der Waals surface area contributed by atoms with E-state index < -0.39 is 0 Å². The molecule has 0 aliphatic rings. The zero-order valence-electron chi connectivity index (χ0n) is 11.1. The molecule has 4 heteroatoms. The Kier molecular flexibility index (Phi) is 4.03. The monoisotopic (exact) mass is 347 g/mol. The van der Waals surface area contributed by atoms with E-state index >= 15 is 0 Å². The Bertz CT molecular complexity index is 738. The average molecular weight is 348 g/mol. The fraction of sp³-hybridized carbons (Fsp3) is 0.188. The van der Waals surface area contributed by atoms with E-state index in [2.05, 4.69) is 51.2 Å². The molecule has 0 aliphatic heterocycles. The number of hydrogen-bond acceptors (Lipinski definition) is 3. The van der Waals surface area contributed by atoms with Crippen LogP contribution in [0.1, 0.15) is 16.3 Å². The topological polar surface area (TPSA) is 22.1 Å². The van der Waals surface area contributed by atoms with Crippen molar-refractivity contribution in [3.63, 3.8) is 0 Å². The molecule has 2 aromatic carbocycles. The van der Waals surface area contributed by atoms with Gasteiger partial charge in [0.2, 0.25) is 0 Å². The van der Waals surface area contributed by atoms with Crippen LogP contribution < -0.4 is 4.74 Å². The quantitative estimate of drug-likeness (QED) is 0.614. The van der Waals surface area contributed by atoms with Crippen molar-refractivity contribution in [3.8, 4) is 5.75 Å². The average Bonchev–Trinajstić information content (AvgIpc) is 2.90. The Morgan fingerprint density at radius 2 is 2.05 bits per heavy atom. The second-order valence-corrected chi connectivity index (χ2v) is 6.07. The fourth-order valence-electron chi connectivity index (χ4n) is 2.20. The first-order valence-electron chi connectivity index (χ1n) is 6.38. The van der Waals surface area contributed by atoms with Crippen molar-refractivity contribution in [3.05, 3.63) is 58.0 Å². The van der Waals surface area contributed by atoms with Crippen LogP contribution in [0.3, 0.4) is 0 Å². The molecule has 0 spiro atoms. The SMILES string of the molecule is Cc1csc(COc2ccc3ccccc3c2CBr)n1. The summed E-state index contributed by atoms with van der Waals surface area (Å²) in [5.41, 5.74) is 2.24. The molecule has 0 fully saturated rings. The van der Waals surface area contributed by atoms with Gasteiger partial charge in [-0.05, 0) is 23.8 Å². The number of rotatable bonds is 4. The summed E-state index contributed by atoms with van der Waals surface area (Å²) < 4.78 is 5.95. The maximum Gasteiger partial charge on any atom is 0.140 e. The lowest BCUT2D eigenvalue weighted by Crippen LogP contribution is -1.98. The Morgan fingerprint density at radius 1 is 1.20 bits per heavy atom. The lowest BCUT2D eigenvalue weighted by molar-refractivity contribution is 0.303. The molecular weight excluding hydrogens is 334 g/mol. The molecule has 0 amide bonds. The third-order valence-corrected chi connectivity index (χ3v) is 4.65. The molecule has 0 saturated heterocycles. The molecule has 3 rings (SSSR count). The van der Waals surface area contributed by atoms with E-state index in [-0.39, 0.29) is 0 Å². The predicted molar refractivity (Wildman–Crippen MR) is 87.8 cm³/mol. The lowest BCUT2D eigenvalue weighted by atomic mass is 10.0. The number of hydrogen-bond donors (Lipinski definition) is 0. The highest BCUT2D eigenvalue weighted by atomic mass is 79.9.